The minimum atomic E-state index is -0.986. The molecule has 2 aromatic carbocycles. The predicted molar refractivity (Wildman–Crippen MR) is 113 cm³/mol. The number of para-hydroxylation sites is 3. The summed E-state index contributed by atoms with van der Waals surface area (Å²) in [5.41, 5.74) is 1.27. The highest BCUT2D eigenvalue weighted by atomic mass is 16.5. The molecular weight excluding hydrogens is 370 g/mol. The lowest BCUT2D eigenvalue weighted by Crippen LogP contribution is -2.60. The molecule has 3 rings (SSSR count). The Hall–Kier alpha value is -3.06. The topological polar surface area (TPSA) is 71.1 Å². The fourth-order valence-electron chi connectivity index (χ4n) is 3.62. The van der Waals surface area contributed by atoms with Crippen molar-refractivity contribution in [3.05, 3.63) is 48.0 Å². The number of carbonyl (C=O) groups excluding carboxylic acids is 2. The first-order valence-electron chi connectivity index (χ1n) is 9.41. The van der Waals surface area contributed by atoms with Crippen molar-refractivity contribution in [1.29, 1.82) is 0 Å². The zero-order chi connectivity index (χ0) is 21.2. The summed E-state index contributed by atoms with van der Waals surface area (Å²) in [7, 11) is 5.05. The van der Waals surface area contributed by atoms with Crippen LogP contribution < -0.4 is 19.7 Å². The number of fused-ring (bicyclic) bond motifs is 1. The van der Waals surface area contributed by atoms with Crippen molar-refractivity contribution >= 4 is 23.2 Å². The molecule has 7 heteroatoms. The fraction of sp³-hybridized carbons (Fsp3) is 0.364. The van der Waals surface area contributed by atoms with E-state index in [1.54, 1.807) is 39.0 Å². The number of hydrogen-bond donors (Lipinski definition) is 1. The van der Waals surface area contributed by atoms with Gasteiger partial charge in [-0.25, -0.2) is 0 Å². The van der Waals surface area contributed by atoms with E-state index < -0.39 is 5.54 Å². The molecule has 0 saturated carbocycles. The highest BCUT2D eigenvalue weighted by Crippen LogP contribution is 2.37. The zero-order valence-corrected chi connectivity index (χ0v) is 17.5. The van der Waals surface area contributed by atoms with Gasteiger partial charge < -0.3 is 14.8 Å². The number of ether oxygens (including phenoxy) is 2. The molecule has 1 N–H and O–H groups in total. The minimum absolute atomic E-state index is 0.144. The Balaban J connectivity index is 1.82. The van der Waals surface area contributed by atoms with Crippen LogP contribution in [-0.2, 0) is 16.1 Å². The highest BCUT2D eigenvalue weighted by molar-refractivity contribution is 6.14. The molecule has 29 heavy (non-hydrogen) atoms. The SMILES string of the molecule is COc1cccc(CN(C)CC(=O)N2c3ccccc3NC(=O)C2(C)C)c1OC. The lowest BCUT2D eigenvalue weighted by atomic mass is 9.96. The van der Waals surface area contributed by atoms with Crippen LogP contribution in [0, 0.1) is 0 Å². The van der Waals surface area contributed by atoms with Crippen molar-refractivity contribution in [2.45, 2.75) is 25.9 Å². The fourth-order valence-corrected chi connectivity index (χ4v) is 3.62. The van der Waals surface area contributed by atoms with Crippen molar-refractivity contribution in [3.63, 3.8) is 0 Å². The van der Waals surface area contributed by atoms with Crippen LogP contribution in [0.25, 0.3) is 0 Å². The number of rotatable bonds is 6. The van der Waals surface area contributed by atoms with E-state index in [4.69, 9.17) is 9.47 Å². The molecular formula is C22H27N3O4. The molecule has 0 saturated heterocycles. The molecule has 0 spiro atoms. The first-order valence-corrected chi connectivity index (χ1v) is 9.41. The number of likely N-dealkylation sites (N-methyl/N-ethyl adjacent to an activating group) is 1. The summed E-state index contributed by atoms with van der Waals surface area (Å²) in [4.78, 5) is 29.3. The first kappa shape index (κ1) is 20.7. The molecule has 1 aliphatic rings. The van der Waals surface area contributed by atoms with Crippen LogP contribution in [-0.4, -0.2) is 50.1 Å². The van der Waals surface area contributed by atoms with E-state index in [-0.39, 0.29) is 18.4 Å². The Morgan fingerprint density at radius 3 is 2.52 bits per heavy atom. The third-order valence-corrected chi connectivity index (χ3v) is 5.09. The molecule has 0 bridgehead atoms. The van der Waals surface area contributed by atoms with E-state index in [9.17, 15) is 9.59 Å². The molecule has 1 heterocycles. The van der Waals surface area contributed by atoms with Gasteiger partial charge in [0.25, 0.3) is 0 Å². The summed E-state index contributed by atoms with van der Waals surface area (Å²) < 4.78 is 10.8. The molecule has 7 nitrogen and oxygen atoms in total. The maximum atomic E-state index is 13.2. The smallest absolute Gasteiger partial charge is 0.250 e. The van der Waals surface area contributed by atoms with Gasteiger partial charge in [-0.3, -0.25) is 19.4 Å². The summed E-state index contributed by atoms with van der Waals surface area (Å²) in [6.45, 7) is 4.14. The Morgan fingerprint density at radius 2 is 1.83 bits per heavy atom. The highest BCUT2D eigenvalue weighted by Gasteiger charge is 2.43. The number of benzene rings is 2. The second-order valence-electron chi connectivity index (χ2n) is 7.58. The van der Waals surface area contributed by atoms with Gasteiger partial charge in [-0.1, -0.05) is 24.3 Å². The summed E-state index contributed by atoms with van der Waals surface area (Å²) in [5.74, 6) is 0.938. The summed E-state index contributed by atoms with van der Waals surface area (Å²) in [6.07, 6.45) is 0. The number of methoxy groups -OCH3 is 2. The van der Waals surface area contributed by atoms with Gasteiger partial charge in [0.1, 0.15) is 5.54 Å². The van der Waals surface area contributed by atoms with Gasteiger partial charge in [-0.2, -0.15) is 0 Å². The van der Waals surface area contributed by atoms with E-state index in [1.165, 1.54) is 0 Å². The molecule has 0 radical (unpaired) electrons. The van der Waals surface area contributed by atoms with Crippen molar-refractivity contribution in [2.75, 3.05) is 38.0 Å². The van der Waals surface area contributed by atoms with E-state index in [0.29, 0.717) is 29.4 Å². The molecule has 0 atom stereocenters. The van der Waals surface area contributed by atoms with Crippen LogP contribution in [0.1, 0.15) is 19.4 Å². The standard InChI is InChI=1S/C22H27N3O4/c1-22(2)21(27)23-16-10-6-7-11-17(16)25(22)19(26)14-24(3)13-15-9-8-12-18(28-4)20(15)29-5/h6-12H,13-14H2,1-5H3,(H,23,27). The normalized spacial score (nSPS) is 15.0. The van der Waals surface area contributed by atoms with Gasteiger partial charge >= 0.3 is 0 Å². The van der Waals surface area contributed by atoms with Gasteiger partial charge in [-0.05, 0) is 39.1 Å². The van der Waals surface area contributed by atoms with Gasteiger partial charge in [0.2, 0.25) is 11.8 Å². The molecule has 0 aliphatic carbocycles. The maximum Gasteiger partial charge on any atom is 0.250 e. The molecule has 2 aromatic rings. The van der Waals surface area contributed by atoms with Crippen molar-refractivity contribution < 1.29 is 19.1 Å². The summed E-state index contributed by atoms with van der Waals surface area (Å²) in [5, 5.41) is 2.88. The van der Waals surface area contributed by atoms with Crippen molar-refractivity contribution in [3.8, 4) is 11.5 Å². The van der Waals surface area contributed by atoms with E-state index >= 15 is 0 Å². The van der Waals surface area contributed by atoms with Crippen LogP contribution in [0.5, 0.6) is 11.5 Å². The van der Waals surface area contributed by atoms with Gasteiger partial charge in [0.15, 0.2) is 11.5 Å². The largest absolute Gasteiger partial charge is 0.493 e. The van der Waals surface area contributed by atoms with Crippen LogP contribution in [0.15, 0.2) is 42.5 Å². The van der Waals surface area contributed by atoms with Gasteiger partial charge in [-0.15, -0.1) is 0 Å². The van der Waals surface area contributed by atoms with E-state index in [1.807, 2.05) is 48.3 Å². The van der Waals surface area contributed by atoms with Crippen LogP contribution in [0.3, 0.4) is 0 Å². The Bertz CT molecular complexity index is 926. The van der Waals surface area contributed by atoms with Crippen LogP contribution >= 0.6 is 0 Å². The number of nitrogens with zero attached hydrogens (tertiary/aromatic N) is 2. The average Bonchev–Trinajstić information content (AvgIpc) is 2.68. The third kappa shape index (κ3) is 3.91. The van der Waals surface area contributed by atoms with E-state index in [0.717, 1.165) is 5.56 Å². The summed E-state index contributed by atoms with van der Waals surface area (Å²) in [6, 6.07) is 13.0. The molecule has 0 unspecified atom stereocenters. The minimum Gasteiger partial charge on any atom is -0.493 e. The van der Waals surface area contributed by atoms with Gasteiger partial charge in [0, 0.05) is 12.1 Å². The molecule has 154 valence electrons. The van der Waals surface area contributed by atoms with Crippen molar-refractivity contribution in [2.24, 2.45) is 0 Å². The van der Waals surface area contributed by atoms with Crippen LogP contribution in [0.2, 0.25) is 0 Å². The van der Waals surface area contributed by atoms with Crippen molar-refractivity contribution in [1.82, 2.24) is 4.90 Å². The number of anilines is 2. The second kappa shape index (κ2) is 8.13. The Morgan fingerprint density at radius 1 is 1.10 bits per heavy atom. The quantitative estimate of drug-likeness (QED) is 0.812. The molecule has 2 amide bonds. The summed E-state index contributed by atoms with van der Waals surface area (Å²) >= 11 is 0. The Kier molecular flexibility index (Phi) is 5.79. The second-order valence-corrected chi connectivity index (χ2v) is 7.58. The van der Waals surface area contributed by atoms with Crippen LogP contribution in [0.4, 0.5) is 11.4 Å². The number of hydrogen-bond acceptors (Lipinski definition) is 5. The van der Waals surface area contributed by atoms with Gasteiger partial charge in [0.05, 0.1) is 32.1 Å². The average molecular weight is 397 g/mol. The Labute approximate surface area is 171 Å². The maximum absolute atomic E-state index is 13.2. The van der Waals surface area contributed by atoms with E-state index in [2.05, 4.69) is 5.32 Å². The lowest BCUT2D eigenvalue weighted by molar-refractivity contribution is -0.127. The molecule has 1 aliphatic heterocycles. The third-order valence-electron chi connectivity index (χ3n) is 5.09. The molecule has 0 fully saturated rings. The lowest BCUT2D eigenvalue weighted by Gasteiger charge is -2.42. The monoisotopic (exact) mass is 397 g/mol. The number of nitrogens with one attached hydrogen (secondary N) is 1. The number of amides is 2. The zero-order valence-electron chi connectivity index (χ0n) is 17.5. The first-order chi connectivity index (χ1) is 13.8. The number of carbonyl (C=O) groups is 2. The molecule has 0 aromatic heterocycles. The predicted octanol–water partition coefficient (Wildman–Crippen LogP) is 2.90.